The molecule has 1 saturated heterocycles. The van der Waals surface area contributed by atoms with Crippen LogP contribution in [0.1, 0.15) is 79.1 Å². The summed E-state index contributed by atoms with van der Waals surface area (Å²) in [6.07, 6.45) is 9.42. The molecule has 0 bridgehead atoms. The van der Waals surface area contributed by atoms with Crippen molar-refractivity contribution in [3.63, 3.8) is 0 Å². The average Bonchev–Trinajstić information content (AvgIpc) is 2.53. The molecule has 1 heterocycles. The fourth-order valence-electron chi connectivity index (χ4n) is 3.17. The van der Waals surface area contributed by atoms with E-state index in [1.165, 1.54) is 38.5 Å². The van der Waals surface area contributed by atoms with Crippen molar-refractivity contribution in [1.29, 1.82) is 0 Å². The second-order valence-corrected chi connectivity index (χ2v) is 6.91. The molecule has 1 aliphatic heterocycles. The highest BCUT2D eigenvalue weighted by Crippen LogP contribution is 2.21. The molecule has 1 amide bonds. The van der Waals surface area contributed by atoms with Crippen molar-refractivity contribution in [3.8, 4) is 0 Å². The molecule has 2 unspecified atom stereocenters. The van der Waals surface area contributed by atoms with E-state index in [2.05, 4.69) is 32.6 Å². The second kappa shape index (κ2) is 8.60. The first-order valence-electron chi connectivity index (χ1n) is 8.30. The zero-order chi connectivity index (χ0) is 14.3. The fourth-order valence-corrected chi connectivity index (χ4v) is 3.17. The molecule has 2 nitrogen and oxygen atoms in total. The number of amides is 1. The summed E-state index contributed by atoms with van der Waals surface area (Å²) in [5, 5.41) is 0. The van der Waals surface area contributed by atoms with Crippen molar-refractivity contribution in [2.75, 3.05) is 6.54 Å². The van der Waals surface area contributed by atoms with Gasteiger partial charge in [0.25, 0.3) is 0 Å². The van der Waals surface area contributed by atoms with Gasteiger partial charge in [0.1, 0.15) is 0 Å². The molecule has 19 heavy (non-hydrogen) atoms. The van der Waals surface area contributed by atoms with E-state index < -0.39 is 0 Å². The minimum atomic E-state index is 0.388. The Labute approximate surface area is 119 Å². The van der Waals surface area contributed by atoms with Crippen molar-refractivity contribution in [2.45, 2.75) is 85.1 Å². The Bertz CT molecular complexity index is 262. The van der Waals surface area contributed by atoms with Crippen LogP contribution in [-0.2, 0) is 4.79 Å². The molecule has 0 aromatic heterocycles. The van der Waals surface area contributed by atoms with Crippen LogP contribution < -0.4 is 0 Å². The van der Waals surface area contributed by atoms with E-state index in [0.29, 0.717) is 11.9 Å². The molecule has 1 fully saturated rings. The first-order chi connectivity index (χ1) is 9.00. The van der Waals surface area contributed by atoms with E-state index in [-0.39, 0.29) is 0 Å². The summed E-state index contributed by atoms with van der Waals surface area (Å²) in [6.45, 7) is 10.2. The monoisotopic (exact) mass is 267 g/mol. The van der Waals surface area contributed by atoms with E-state index in [1.54, 1.807) is 0 Å². The van der Waals surface area contributed by atoms with Crippen molar-refractivity contribution in [3.05, 3.63) is 0 Å². The SMILES string of the molecule is CC(C)CCCC(C)CC(C)N1CCCCCC1=O. The second-order valence-electron chi connectivity index (χ2n) is 6.91. The van der Waals surface area contributed by atoms with Crippen molar-refractivity contribution < 1.29 is 4.79 Å². The van der Waals surface area contributed by atoms with E-state index in [9.17, 15) is 4.79 Å². The first-order valence-corrected chi connectivity index (χ1v) is 8.30. The number of likely N-dealkylation sites (tertiary alicyclic amines) is 1. The normalized spacial score (nSPS) is 20.5. The Kier molecular flexibility index (Phi) is 7.48. The minimum absolute atomic E-state index is 0.388. The Morgan fingerprint density at radius 3 is 2.47 bits per heavy atom. The van der Waals surface area contributed by atoms with Gasteiger partial charge in [0.15, 0.2) is 0 Å². The number of hydrogen-bond acceptors (Lipinski definition) is 1. The zero-order valence-electron chi connectivity index (χ0n) is 13.5. The van der Waals surface area contributed by atoms with Crippen LogP contribution in [0, 0.1) is 11.8 Å². The van der Waals surface area contributed by atoms with Gasteiger partial charge in [-0.1, -0.05) is 46.5 Å². The molecule has 0 aromatic rings. The lowest BCUT2D eigenvalue weighted by molar-refractivity contribution is -0.132. The van der Waals surface area contributed by atoms with Crippen molar-refractivity contribution in [1.82, 2.24) is 4.90 Å². The number of carbonyl (C=O) groups is 1. The highest BCUT2D eigenvalue weighted by Gasteiger charge is 2.22. The zero-order valence-corrected chi connectivity index (χ0v) is 13.5. The maximum Gasteiger partial charge on any atom is 0.222 e. The molecule has 1 aliphatic rings. The van der Waals surface area contributed by atoms with Gasteiger partial charge in [-0.25, -0.2) is 0 Å². The fraction of sp³-hybridized carbons (Fsp3) is 0.941. The Hall–Kier alpha value is -0.530. The Morgan fingerprint density at radius 2 is 1.79 bits per heavy atom. The highest BCUT2D eigenvalue weighted by atomic mass is 16.2. The third-order valence-corrected chi connectivity index (χ3v) is 4.36. The lowest BCUT2D eigenvalue weighted by atomic mass is 9.94. The lowest BCUT2D eigenvalue weighted by Gasteiger charge is -2.30. The smallest absolute Gasteiger partial charge is 0.222 e. The predicted octanol–water partition coefficient (Wildman–Crippen LogP) is 4.63. The quantitative estimate of drug-likeness (QED) is 0.658. The van der Waals surface area contributed by atoms with Crippen LogP contribution in [0.4, 0.5) is 0 Å². The molecule has 1 rings (SSSR count). The Balaban J connectivity index is 2.31. The van der Waals surface area contributed by atoms with Crippen molar-refractivity contribution in [2.24, 2.45) is 11.8 Å². The molecule has 0 aromatic carbocycles. The summed E-state index contributed by atoms with van der Waals surface area (Å²) in [6, 6.07) is 0.430. The number of rotatable bonds is 7. The summed E-state index contributed by atoms with van der Waals surface area (Å²) >= 11 is 0. The van der Waals surface area contributed by atoms with Gasteiger partial charge in [-0.3, -0.25) is 4.79 Å². The van der Waals surface area contributed by atoms with Crippen LogP contribution in [0.25, 0.3) is 0 Å². The van der Waals surface area contributed by atoms with Crippen LogP contribution in [0.2, 0.25) is 0 Å². The summed E-state index contributed by atoms with van der Waals surface area (Å²) < 4.78 is 0. The number of nitrogens with zero attached hydrogens (tertiary/aromatic N) is 1. The average molecular weight is 267 g/mol. The summed E-state index contributed by atoms with van der Waals surface area (Å²) in [5.74, 6) is 1.95. The van der Waals surface area contributed by atoms with E-state index in [1.807, 2.05) is 0 Å². The van der Waals surface area contributed by atoms with Crippen LogP contribution in [0.15, 0.2) is 0 Å². The van der Waals surface area contributed by atoms with Gasteiger partial charge in [0.2, 0.25) is 5.91 Å². The predicted molar refractivity (Wildman–Crippen MR) is 82.1 cm³/mol. The van der Waals surface area contributed by atoms with E-state index >= 15 is 0 Å². The van der Waals surface area contributed by atoms with Gasteiger partial charge in [-0.2, -0.15) is 0 Å². The van der Waals surface area contributed by atoms with Gasteiger partial charge in [0, 0.05) is 19.0 Å². The molecule has 0 spiro atoms. The van der Waals surface area contributed by atoms with Crippen LogP contribution in [0.3, 0.4) is 0 Å². The number of carbonyl (C=O) groups excluding carboxylic acids is 1. The molecular weight excluding hydrogens is 234 g/mol. The molecule has 0 radical (unpaired) electrons. The summed E-state index contributed by atoms with van der Waals surface area (Å²) in [5.41, 5.74) is 0. The summed E-state index contributed by atoms with van der Waals surface area (Å²) in [4.78, 5) is 14.2. The number of hydrogen-bond donors (Lipinski definition) is 0. The highest BCUT2D eigenvalue weighted by molar-refractivity contribution is 5.76. The van der Waals surface area contributed by atoms with Crippen LogP contribution in [0.5, 0.6) is 0 Å². The molecule has 112 valence electrons. The van der Waals surface area contributed by atoms with Gasteiger partial charge in [-0.15, -0.1) is 0 Å². The third kappa shape index (κ3) is 6.44. The molecule has 2 heteroatoms. The van der Waals surface area contributed by atoms with Gasteiger partial charge in [0.05, 0.1) is 0 Å². The third-order valence-electron chi connectivity index (χ3n) is 4.36. The standard InChI is InChI=1S/C17H33NO/c1-14(2)9-8-10-15(3)13-16(4)18-12-7-5-6-11-17(18)19/h14-16H,5-13H2,1-4H3. The van der Waals surface area contributed by atoms with Gasteiger partial charge >= 0.3 is 0 Å². The van der Waals surface area contributed by atoms with Gasteiger partial charge < -0.3 is 4.90 Å². The van der Waals surface area contributed by atoms with Crippen LogP contribution in [-0.4, -0.2) is 23.4 Å². The van der Waals surface area contributed by atoms with E-state index in [4.69, 9.17) is 0 Å². The lowest BCUT2D eigenvalue weighted by Crippen LogP contribution is -2.39. The maximum absolute atomic E-state index is 12.1. The molecular formula is C17H33NO. The minimum Gasteiger partial charge on any atom is -0.340 e. The Morgan fingerprint density at radius 1 is 1.05 bits per heavy atom. The molecule has 2 atom stereocenters. The van der Waals surface area contributed by atoms with E-state index in [0.717, 1.165) is 31.2 Å². The summed E-state index contributed by atoms with van der Waals surface area (Å²) in [7, 11) is 0. The van der Waals surface area contributed by atoms with Crippen LogP contribution >= 0.6 is 0 Å². The maximum atomic E-state index is 12.1. The van der Waals surface area contributed by atoms with Gasteiger partial charge in [-0.05, 0) is 38.0 Å². The topological polar surface area (TPSA) is 20.3 Å². The molecule has 0 saturated carbocycles. The molecule has 0 aliphatic carbocycles. The first kappa shape index (κ1) is 16.5. The largest absolute Gasteiger partial charge is 0.340 e. The molecule has 0 N–H and O–H groups in total. The van der Waals surface area contributed by atoms with Crippen molar-refractivity contribution >= 4 is 5.91 Å².